The number of hydrogen-bond acceptors (Lipinski definition) is 8. The first-order valence-electron chi connectivity index (χ1n) is 7.36. The van der Waals surface area contributed by atoms with Crippen molar-refractivity contribution < 1.29 is 14.3 Å². The molecule has 0 saturated heterocycles. The zero-order chi connectivity index (χ0) is 19.0. The van der Waals surface area contributed by atoms with Crippen molar-refractivity contribution in [3.8, 4) is 28.7 Å². The van der Waals surface area contributed by atoms with Crippen LogP contribution in [0.25, 0.3) is 21.3 Å². The second-order valence-corrected chi connectivity index (χ2v) is 6.31. The third-order valence-electron chi connectivity index (χ3n) is 3.92. The number of nitrogen functional groups attached to an aromatic ring is 2. The lowest BCUT2D eigenvalue weighted by Crippen LogP contribution is -2.10. The highest BCUT2D eigenvalue weighted by atomic mass is 32.1. The Morgan fingerprint density at radius 1 is 1.27 bits per heavy atom. The highest BCUT2D eigenvalue weighted by Crippen LogP contribution is 2.45. The van der Waals surface area contributed by atoms with Gasteiger partial charge in [0.2, 0.25) is 0 Å². The van der Waals surface area contributed by atoms with E-state index in [2.05, 4.69) is 11.1 Å². The van der Waals surface area contributed by atoms with Crippen molar-refractivity contribution in [3.63, 3.8) is 0 Å². The van der Waals surface area contributed by atoms with Gasteiger partial charge in [0.25, 0.3) is 5.91 Å². The summed E-state index contributed by atoms with van der Waals surface area (Å²) in [6, 6.07) is 7.19. The number of thiophene rings is 1. The molecule has 0 fully saturated rings. The van der Waals surface area contributed by atoms with Crippen molar-refractivity contribution in [1.29, 1.82) is 5.26 Å². The molecule has 0 saturated carbocycles. The minimum atomic E-state index is -0.671. The molecule has 3 rings (SSSR count). The first-order chi connectivity index (χ1) is 12.4. The van der Waals surface area contributed by atoms with Gasteiger partial charge >= 0.3 is 0 Å². The fraction of sp³-hybridized carbons (Fsp3) is 0.118. The predicted octanol–water partition coefficient (Wildman–Crippen LogP) is 2.12. The largest absolute Gasteiger partial charge is 0.497 e. The number of hydrogen-bond donors (Lipinski definition) is 3. The van der Waals surface area contributed by atoms with E-state index in [0.717, 1.165) is 11.3 Å². The number of carbonyl (C=O) groups excluding carboxylic acids is 1. The molecule has 2 heterocycles. The summed E-state index contributed by atoms with van der Waals surface area (Å²) in [7, 11) is 3.03. The maximum absolute atomic E-state index is 11.7. The van der Waals surface area contributed by atoms with E-state index in [0.29, 0.717) is 32.8 Å². The Hall–Kier alpha value is -3.51. The van der Waals surface area contributed by atoms with Gasteiger partial charge in [-0.25, -0.2) is 4.98 Å². The van der Waals surface area contributed by atoms with E-state index in [1.807, 2.05) is 0 Å². The van der Waals surface area contributed by atoms with E-state index in [4.69, 9.17) is 26.7 Å². The number of anilines is 2. The molecule has 0 aliphatic heterocycles. The third kappa shape index (κ3) is 2.53. The number of aromatic nitrogens is 1. The molecule has 0 unspecified atom stereocenters. The molecule has 3 aromatic rings. The molecule has 0 spiro atoms. The number of carbonyl (C=O) groups is 1. The van der Waals surface area contributed by atoms with Gasteiger partial charge in [-0.1, -0.05) is 0 Å². The summed E-state index contributed by atoms with van der Waals surface area (Å²) in [6.07, 6.45) is 0. The molecular weight excluding hydrogens is 354 g/mol. The Morgan fingerprint density at radius 3 is 2.58 bits per heavy atom. The van der Waals surface area contributed by atoms with Crippen molar-refractivity contribution in [3.05, 3.63) is 28.6 Å². The summed E-state index contributed by atoms with van der Waals surface area (Å²) in [5.41, 5.74) is 18.8. The van der Waals surface area contributed by atoms with E-state index < -0.39 is 5.91 Å². The topological polar surface area (TPSA) is 150 Å². The average Bonchev–Trinajstić information content (AvgIpc) is 2.96. The monoisotopic (exact) mass is 369 g/mol. The van der Waals surface area contributed by atoms with Crippen LogP contribution in [0.1, 0.15) is 15.2 Å². The fourth-order valence-electron chi connectivity index (χ4n) is 2.74. The molecule has 8 nitrogen and oxygen atoms in total. The van der Waals surface area contributed by atoms with Gasteiger partial charge in [0.15, 0.2) is 0 Å². The van der Waals surface area contributed by atoms with Gasteiger partial charge < -0.3 is 26.7 Å². The maximum atomic E-state index is 11.7. The molecule has 0 bridgehead atoms. The number of rotatable bonds is 4. The standard InChI is InChI=1S/C17H15N5O3S/c1-24-7-3-4-8(10(5-7)25-2)11-9(6-18)15(20)22-17-12(11)13(19)14(26-17)16(21)23/h3-5H,19H2,1-2H3,(H2,20,22)(H2,21,23). The predicted molar refractivity (Wildman–Crippen MR) is 100 cm³/mol. The number of pyridine rings is 1. The number of amides is 1. The van der Waals surface area contributed by atoms with Crippen LogP contribution in [0.4, 0.5) is 11.5 Å². The SMILES string of the molecule is COc1ccc(-c2c(C#N)c(N)nc3sc(C(N)=O)c(N)c23)c(OC)c1. The number of ether oxygens (including phenoxy) is 2. The summed E-state index contributed by atoms with van der Waals surface area (Å²) in [6.45, 7) is 0. The number of fused-ring (bicyclic) bond motifs is 1. The average molecular weight is 369 g/mol. The molecule has 0 atom stereocenters. The molecule has 0 aliphatic carbocycles. The van der Waals surface area contributed by atoms with Crippen LogP contribution in [0.15, 0.2) is 18.2 Å². The van der Waals surface area contributed by atoms with Crippen LogP contribution < -0.4 is 26.7 Å². The normalized spacial score (nSPS) is 10.5. The van der Waals surface area contributed by atoms with Crippen LogP contribution in [-0.4, -0.2) is 25.1 Å². The van der Waals surface area contributed by atoms with Crippen molar-refractivity contribution >= 4 is 39.0 Å². The number of nitrogens with two attached hydrogens (primary N) is 3. The van der Waals surface area contributed by atoms with Crippen LogP contribution in [0.5, 0.6) is 11.5 Å². The minimum absolute atomic E-state index is 0.0325. The third-order valence-corrected chi connectivity index (χ3v) is 5.03. The van der Waals surface area contributed by atoms with Crippen LogP contribution in [0, 0.1) is 11.3 Å². The number of benzene rings is 1. The second kappa shape index (κ2) is 6.42. The van der Waals surface area contributed by atoms with Gasteiger partial charge in [-0.15, -0.1) is 11.3 Å². The molecular formula is C17H15N5O3S. The molecule has 6 N–H and O–H groups in total. The Balaban J connectivity index is 2.49. The molecule has 2 aromatic heterocycles. The molecule has 0 aliphatic rings. The van der Waals surface area contributed by atoms with E-state index in [9.17, 15) is 10.1 Å². The van der Waals surface area contributed by atoms with Gasteiger partial charge in [0, 0.05) is 22.6 Å². The molecule has 9 heteroatoms. The van der Waals surface area contributed by atoms with Crippen molar-refractivity contribution in [1.82, 2.24) is 4.98 Å². The van der Waals surface area contributed by atoms with Crippen LogP contribution in [-0.2, 0) is 0 Å². The van der Waals surface area contributed by atoms with E-state index in [1.165, 1.54) is 14.2 Å². The van der Waals surface area contributed by atoms with Gasteiger partial charge in [0.1, 0.15) is 38.7 Å². The Morgan fingerprint density at radius 2 is 2.00 bits per heavy atom. The quantitative estimate of drug-likeness (QED) is 0.637. The first kappa shape index (κ1) is 17.3. The molecule has 132 valence electrons. The maximum Gasteiger partial charge on any atom is 0.260 e. The Bertz CT molecular complexity index is 1080. The van der Waals surface area contributed by atoms with Gasteiger partial charge in [0.05, 0.1) is 19.9 Å². The van der Waals surface area contributed by atoms with Crippen molar-refractivity contribution in [2.24, 2.45) is 5.73 Å². The first-order valence-corrected chi connectivity index (χ1v) is 8.18. The second-order valence-electron chi connectivity index (χ2n) is 5.31. The van der Waals surface area contributed by atoms with Crippen LogP contribution in [0.2, 0.25) is 0 Å². The smallest absolute Gasteiger partial charge is 0.260 e. The minimum Gasteiger partial charge on any atom is -0.497 e. The highest BCUT2D eigenvalue weighted by molar-refractivity contribution is 7.21. The van der Waals surface area contributed by atoms with Gasteiger partial charge in [-0.2, -0.15) is 5.26 Å². The zero-order valence-corrected chi connectivity index (χ0v) is 14.8. The molecule has 0 radical (unpaired) electrons. The van der Waals surface area contributed by atoms with E-state index in [-0.39, 0.29) is 21.9 Å². The van der Waals surface area contributed by atoms with E-state index in [1.54, 1.807) is 18.2 Å². The van der Waals surface area contributed by atoms with Gasteiger partial charge in [-0.3, -0.25) is 4.79 Å². The number of nitriles is 1. The molecule has 1 aromatic carbocycles. The van der Waals surface area contributed by atoms with Crippen molar-refractivity contribution in [2.45, 2.75) is 0 Å². The summed E-state index contributed by atoms with van der Waals surface area (Å²) in [4.78, 5) is 16.5. The van der Waals surface area contributed by atoms with Crippen molar-refractivity contribution in [2.75, 3.05) is 25.7 Å². The molecule has 26 heavy (non-hydrogen) atoms. The summed E-state index contributed by atoms with van der Waals surface area (Å²) in [5.74, 6) is 0.401. The lowest BCUT2D eigenvalue weighted by Gasteiger charge is -2.14. The number of methoxy groups -OCH3 is 2. The Labute approximate surface area is 152 Å². The molecule has 1 amide bonds. The lowest BCUT2D eigenvalue weighted by atomic mass is 9.96. The summed E-state index contributed by atoms with van der Waals surface area (Å²) < 4.78 is 10.7. The number of primary amides is 1. The number of nitrogens with zero attached hydrogens (tertiary/aromatic N) is 2. The highest BCUT2D eigenvalue weighted by Gasteiger charge is 2.25. The van der Waals surface area contributed by atoms with Crippen LogP contribution in [0.3, 0.4) is 0 Å². The fourth-order valence-corrected chi connectivity index (χ4v) is 3.70. The van der Waals surface area contributed by atoms with Gasteiger partial charge in [-0.05, 0) is 12.1 Å². The summed E-state index contributed by atoms with van der Waals surface area (Å²) >= 11 is 1.03. The lowest BCUT2D eigenvalue weighted by molar-refractivity contribution is 0.100. The summed E-state index contributed by atoms with van der Waals surface area (Å²) in [5, 5.41) is 10.1. The van der Waals surface area contributed by atoms with E-state index >= 15 is 0 Å². The Kier molecular flexibility index (Phi) is 4.28. The van der Waals surface area contributed by atoms with Crippen LogP contribution >= 0.6 is 11.3 Å². The zero-order valence-electron chi connectivity index (χ0n) is 14.0.